The van der Waals surface area contributed by atoms with E-state index in [2.05, 4.69) is 15.3 Å². The fraction of sp³-hybridized carbons (Fsp3) is 0.333. The minimum Gasteiger partial charge on any atom is -0.396 e. The number of aromatic nitrogens is 2. The lowest BCUT2D eigenvalue weighted by Crippen LogP contribution is -2.15. The first-order valence-corrected chi connectivity index (χ1v) is 5.83. The van der Waals surface area contributed by atoms with Gasteiger partial charge in [-0.2, -0.15) is 0 Å². The van der Waals surface area contributed by atoms with Gasteiger partial charge in [0.05, 0.1) is 5.52 Å². The Bertz CT molecular complexity index is 518. The Morgan fingerprint density at radius 2 is 2.24 bits per heavy atom. The van der Waals surface area contributed by atoms with Crippen LogP contribution in [0.1, 0.15) is 6.92 Å². The van der Waals surface area contributed by atoms with Crippen molar-refractivity contribution in [1.82, 2.24) is 9.97 Å². The fourth-order valence-corrected chi connectivity index (χ4v) is 1.67. The summed E-state index contributed by atoms with van der Waals surface area (Å²) in [4.78, 5) is 8.36. The first kappa shape index (κ1) is 12.1. The summed E-state index contributed by atoms with van der Waals surface area (Å²) in [5, 5.41) is 13.8. The van der Waals surface area contributed by atoms with Crippen LogP contribution in [0.4, 0.5) is 5.82 Å². The monoisotopic (exact) mass is 251 g/mol. The molecule has 1 aromatic heterocycles. The third-order valence-electron chi connectivity index (χ3n) is 2.53. The maximum Gasteiger partial charge on any atom is 0.137 e. The third-order valence-corrected chi connectivity index (χ3v) is 2.76. The van der Waals surface area contributed by atoms with E-state index < -0.39 is 0 Å². The van der Waals surface area contributed by atoms with E-state index in [1.165, 1.54) is 6.33 Å². The number of halogens is 1. The minimum atomic E-state index is 0.155. The van der Waals surface area contributed by atoms with E-state index in [-0.39, 0.29) is 12.5 Å². The predicted molar refractivity (Wildman–Crippen MR) is 69.3 cm³/mol. The van der Waals surface area contributed by atoms with Crippen LogP contribution in [-0.4, -0.2) is 28.2 Å². The van der Waals surface area contributed by atoms with Crippen molar-refractivity contribution in [2.24, 2.45) is 5.92 Å². The summed E-state index contributed by atoms with van der Waals surface area (Å²) in [5.74, 6) is 0.958. The number of hydrogen-bond acceptors (Lipinski definition) is 4. The molecule has 0 saturated heterocycles. The van der Waals surface area contributed by atoms with E-state index >= 15 is 0 Å². The zero-order valence-corrected chi connectivity index (χ0v) is 10.3. The molecule has 2 aromatic rings. The maximum atomic E-state index is 8.97. The molecule has 2 N–H and O–H groups in total. The van der Waals surface area contributed by atoms with E-state index in [0.717, 1.165) is 16.7 Å². The van der Waals surface area contributed by atoms with Crippen molar-refractivity contribution < 1.29 is 5.11 Å². The van der Waals surface area contributed by atoms with Gasteiger partial charge in [-0.1, -0.05) is 18.5 Å². The number of hydrogen-bond donors (Lipinski definition) is 2. The number of nitrogens with one attached hydrogen (secondary N) is 1. The van der Waals surface area contributed by atoms with Crippen LogP contribution in [0.5, 0.6) is 0 Å². The molecule has 4 nitrogen and oxygen atoms in total. The molecule has 1 aromatic carbocycles. The summed E-state index contributed by atoms with van der Waals surface area (Å²) >= 11 is 5.91. The molecule has 0 saturated carbocycles. The Balaban J connectivity index is 2.28. The lowest BCUT2D eigenvalue weighted by atomic mass is 10.2. The molecule has 2 rings (SSSR count). The van der Waals surface area contributed by atoms with E-state index in [1.54, 1.807) is 6.07 Å². The topological polar surface area (TPSA) is 58.0 Å². The van der Waals surface area contributed by atoms with E-state index in [1.807, 2.05) is 19.1 Å². The Hall–Kier alpha value is -1.39. The molecule has 0 amide bonds. The van der Waals surface area contributed by atoms with E-state index in [9.17, 15) is 0 Å². The molecule has 0 aliphatic heterocycles. The second-order valence-electron chi connectivity index (χ2n) is 4.05. The highest BCUT2D eigenvalue weighted by molar-refractivity contribution is 6.31. The SMILES string of the molecule is CC(CO)CNc1ncnc2cc(Cl)ccc12. The summed E-state index contributed by atoms with van der Waals surface area (Å²) in [5.41, 5.74) is 0.812. The highest BCUT2D eigenvalue weighted by Gasteiger charge is 2.05. The van der Waals surface area contributed by atoms with Gasteiger partial charge in [0.2, 0.25) is 0 Å². The van der Waals surface area contributed by atoms with Crippen LogP contribution in [0.2, 0.25) is 5.02 Å². The van der Waals surface area contributed by atoms with Gasteiger partial charge < -0.3 is 10.4 Å². The first-order chi connectivity index (χ1) is 8.20. The largest absolute Gasteiger partial charge is 0.396 e. The number of anilines is 1. The quantitative estimate of drug-likeness (QED) is 0.876. The molecule has 0 radical (unpaired) electrons. The molecule has 1 heterocycles. The summed E-state index contributed by atoms with van der Waals surface area (Å²) in [6, 6.07) is 5.51. The summed E-state index contributed by atoms with van der Waals surface area (Å²) in [6.07, 6.45) is 1.50. The summed E-state index contributed by atoms with van der Waals surface area (Å²) < 4.78 is 0. The predicted octanol–water partition coefficient (Wildman–Crippen LogP) is 2.32. The van der Waals surface area contributed by atoms with Gasteiger partial charge in [0.15, 0.2) is 0 Å². The molecule has 0 spiro atoms. The normalized spacial score (nSPS) is 12.6. The highest BCUT2D eigenvalue weighted by Crippen LogP contribution is 2.22. The van der Waals surface area contributed by atoms with Gasteiger partial charge >= 0.3 is 0 Å². The fourth-order valence-electron chi connectivity index (χ4n) is 1.51. The average molecular weight is 252 g/mol. The average Bonchev–Trinajstić information content (AvgIpc) is 2.35. The summed E-state index contributed by atoms with van der Waals surface area (Å²) in [7, 11) is 0. The van der Waals surface area contributed by atoms with Crippen molar-refractivity contribution in [1.29, 1.82) is 0 Å². The van der Waals surface area contributed by atoms with Crippen LogP contribution in [0.3, 0.4) is 0 Å². The number of aliphatic hydroxyl groups excluding tert-OH is 1. The van der Waals surface area contributed by atoms with Crippen molar-refractivity contribution >= 4 is 28.3 Å². The van der Waals surface area contributed by atoms with Crippen LogP contribution in [-0.2, 0) is 0 Å². The van der Waals surface area contributed by atoms with Gasteiger partial charge in [0, 0.05) is 23.6 Å². The second-order valence-corrected chi connectivity index (χ2v) is 4.49. The number of nitrogens with zero attached hydrogens (tertiary/aromatic N) is 2. The first-order valence-electron chi connectivity index (χ1n) is 5.45. The Morgan fingerprint density at radius 1 is 1.41 bits per heavy atom. The van der Waals surface area contributed by atoms with Gasteiger partial charge in [-0.05, 0) is 24.1 Å². The molecule has 0 aliphatic carbocycles. The number of fused-ring (bicyclic) bond motifs is 1. The third kappa shape index (κ3) is 2.84. The smallest absolute Gasteiger partial charge is 0.137 e. The number of aliphatic hydroxyl groups is 1. The lowest BCUT2D eigenvalue weighted by Gasteiger charge is -2.11. The van der Waals surface area contributed by atoms with Crippen LogP contribution in [0.15, 0.2) is 24.5 Å². The molecule has 1 unspecified atom stereocenters. The molecular formula is C12H14ClN3O. The molecule has 0 aliphatic rings. The highest BCUT2D eigenvalue weighted by atomic mass is 35.5. The molecular weight excluding hydrogens is 238 g/mol. The molecule has 17 heavy (non-hydrogen) atoms. The van der Waals surface area contributed by atoms with Crippen LogP contribution in [0, 0.1) is 5.92 Å². The number of benzene rings is 1. The standard InChI is InChI=1S/C12H14ClN3O/c1-8(6-17)5-14-12-10-3-2-9(13)4-11(10)15-7-16-12/h2-4,7-8,17H,5-6H2,1H3,(H,14,15,16). The van der Waals surface area contributed by atoms with Crippen molar-refractivity contribution in [3.8, 4) is 0 Å². The second kappa shape index (κ2) is 5.29. The van der Waals surface area contributed by atoms with Crippen LogP contribution in [0.25, 0.3) is 10.9 Å². The van der Waals surface area contributed by atoms with Crippen molar-refractivity contribution in [2.45, 2.75) is 6.92 Å². The Labute approximate surface area is 105 Å². The van der Waals surface area contributed by atoms with Gasteiger partial charge in [-0.25, -0.2) is 9.97 Å². The van der Waals surface area contributed by atoms with Crippen molar-refractivity contribution in [3.05, 3.63) is 29.5 Å². The van der Waals surface area contributed by atoms with Gasteiger partial charge in [-0.3, -0.25) is 0 Å². The molecule has 5 heteroatoms. The van der Waals surface area contributed by atoms with Gasteiger partial charge in [-0.15, -0.1) is 0 Å². The maximum absolute atomic E-state index is 8.97. The minimum absolute atomic E-state index is 0.155. The molecule has 90 valence electrons. The van der Waals surface area contributed by atoms with Crippen molar-refractivity contribution in [3.63, 3.8) is 0 Å². The van der Waals surface area contributed by atoms with Crippen LogP contribution < -0.4 is 5.32 Å². The van der Waals surface area contributed by atoms with Crippen molar-refractivity contribution in [2.75, 3.05) is 18.5 Å². The van der Waals surface area contributed by atoms with Crippen LogP contribution >= 0.6 is 11.6 Å². The zero-order valence-electron chi connectivity index (χ0n) is 9.52. The Morgan fingerprint density at radius 3 is 3.00 bits per heavy atom. The van der Waals surface area contributed by atoms with E-state index in [4.69, 9.17) is 16.7 Å². The molecule has 0 bridgehead atoms. The Kier molecular flexibility index (Phi) is 3.76. The lowest BCUT2D eigenvalue weighted by molar-refractivity contribution is 0.244. The summed E-state index contributed by atoms with van der Waals surface area (Å²) in [6.45, 7) is 2.79. The van der Waals surface area contributed by atoms with Gasteiger partial charge in [0.1, 0.15) is 12.1 Å². The zero-order chi connectivity index (χ0) is 12.3. The molecule has 0 fully saturated rings. The molecule has 1 atom stereocenters. The number of rotatable bonds is 4. The van der Waals surface area contributed by atoms with Gasteiger partial charge in [0.25, 0.3) is 0 Å². The van der Waals surface area contributed by atoms with E-state index in [0.29, 0.717) is 11.6 Å².